The Labute approximate surface area is 894 Å². The highest BCUT2D eigenvalue weighted by molar-refractivity contribution is 9.11. The van der Waals surface area contributed by atoms with Crippen LogP contribution >= 0.6 is 138 Å². The third-order valence-electron chi connectivity index (χ3n) is 23.9. The standard InChI is InChI=1S/C22H22BrN3O3S.C22H24BrN3O3S.C21H22BrN3O3S.C20H20BrN3O3S.C19H18BrN3O3S/c1-22(2,18(27)11-12-19(28)29)30-21-25-24-20(23)26(21)17-10-9-14(13-7-8-13)15-5-3-4-6-16(15)17;1-13(2)14-9-10-17(16-8-6-5-7-15(14)16)26-20(23)24-25-21(26)30-22(3,4)18(27)11-12-19(28)29;1-4-13-9-10-16(15-8-6-5-7-14(13)15)25-19(22)23-24-20(25)29-21(2,3)17(26)11-12-18(27)28;1-12-8-9-15(14-7-5-4-6-13(12)14)24-18(21)22-23-19(24)28-20(2,3)16(25)10-11-17(26)27;1-19(2,15(24)10-11-16(25)26)27-18-22-21-17(20)23(18)14-9-5-7-12-6-3-4-8-13(12)14/h3-6,9-10,13H,7-8,11-12H2,1-2H3,(H,28,29);5-10,13H,11-12H2,1-4H3,(H,28,29);5-10H,4,11-12H2,1-3H3,(H,27,28);4-9H,10-11H2,1-3H3,(H,26,27);3-9H,10-11H2,1-2H3,(H,25,26). The number of Topliss-reactive ketones (excluding diaryl/α,β-unsaturated/α-hetero) is 5. The number of thioether (sulfide) groups is 5. The molecule has 0 radical (unpaired) electrons. The van der Waals surface area contributed by atoms with Gasteiger partial charge in [0, 0.05) is 59.0 Å². The number of aryl methyl sites for hydroxylation is 2. The van der Waals surface area contributed by atoms with Gasteiger partial charge in [-0.2, -0.15) is 0 Å². The van der Waals surface area contributed by atoms with Gasteiger partial charge in [-0.25, -0.2) is 0 Å². The van der Waals surface area contributed by atoms with Crippen molar-refractivity contribution in [3.63, 3.8) is 0 Å². The number of carboxylic acid groups (broad SMARTS) is 5. The second-order valence-corrected chi connectivity index (χ2v) is 48.0. The zero-order valence-corrected chi connectivity index (χ0v) is 93.2. The Morgan fingerprint density at radius 3 is 0.889 bits per heavy atom. The number of halogens is 5. The fourth-order valence-electron chi connectivity index (χ4n) is 15.8. The van der Waals surface area contributed by atoms with Crippen LogP contribution < -0.4 is 0 Å². The zero-order chi connectivity index (χ0) is 105. The maximum Gasteiger partial charge on any atom is 0.303 e. The van der Waals surface area contributed by atoms with Crippen LogP contribution in [0.4, 0.5) is 0 Å². The monoisotopic (exact) mass is 2360 g/mol. The van der Waals surface area contributed by atoms with Crippen molar-refractivity contribution >= 4 is 251 Å². The van der Waals surface area contributed by atoms with Gasteiger partial charge in [-0.3, -0.25) is 70.8 Å². The molecule has 1 aliphatic carbocycles. The number of rotatable bonds is 38. The Kier molecular flexibility index (Phi) is 37.7. The van der Waals surface area contributed by atoms with Crippen molar-refractivity contribution in [1.82, 2.24) is 73.8 Å². The predicted molar refractivity (Wildman–Crippen MR) is 582 cm³/mol. The van der Waals surface area contributed by atoms with Gasteiger partial charge in [0.15, 0.2) is 25.8 Å². The Bertz CT molecular complexity index is 7220. The number of carboxylic acids is 5. The SMILES string of the molecule is CC(C)(Sc1nnc(Br)n1-c1ccc(C2CC2)c2ccccc12)C(=O)CCC(=O)O.CC(C)(Sc1nnc(Br)n1-c1cccc2ccccc12)C(=O)CCC(=O)O.CC(C)c1ccc(-n2c(Br)nnc2SC(C)(C)C(=O)CCC(=O)O)c2ccccc12.CCc1ccc(-n2c(Br)nnc2SC(C)(C)C(=O)CCC(=O)O)c2ccccc12.Cc1ccc(-n2c(Br)nnc2SC(C)(C)C(=O)CCC(=O)O)c2ccccc12. The minimum absolute atomic E-state index is 0.0103. The quantitative estimate of drug-likeness (QED) is 0.0224. The lowest BCUT2D eigenvalue weighted by Crippen LogP contribution is -2.28. The van der Waals surface area contributed by atoms with Gasteiger partial charge in [0.1, 0.15) is 28.9 Å². The van der Waals surface area contributed by atoms with E-state index in [0.29, 0.717) is 61.3 Å². The number of aromatic nitrogens is 15. The molecular weight excluding hydrogens is 2260 g/mol. The zero-order valence-electron chi connectivity index (χ0n) is 81.2. The molecule has 0 atom stereocenters. The molecule has 30 nitrogen and oxygen atoms in total. The molecule has 1 fully saturated rings. The minimum Gasteiger partial charge on any atom is -0.481 e. The highest BCUT2D eigenvalue weighted by Gasteiger charge is 2.39. The number of nitrogens with zero attached hydrogens (tertiary/aromatic N) is 15. The van der Waals surface area contributed by atoms with E-state index < -0.39 is 53.6 Å². The molecule has 0 amide bonds. The van der Waals surface area contributed by atoms with Crippen LogP contribution in [-0.2, 0) is 54.4 Å². The number of aliphatic carboxylic acids is 5. The second-order valence-electron chi connectivity index (χ2n) is 36.5. The van der Waals surface area contributed by atoms with Gasteiger partial charge in [-0.1, -0.05) is 237 Å². The Hall–Kier alpha value is -11.0. The highest BCUT2D eigenvalue weighted by Crippen LogP contribution is 2.48. The molecule has 0 unspecified atom stereocenters. The van der Waals surface area contributed by atoms with Gasteiger partial charge in [0.25, 0.3) is 0 Å². The van der Waals surface area contributed by atoms with E-state index >= 15 is 0 Å². The molecule has 752 valence electrons. The van der Waals surface area contributed by atoms with Crippen LogP contribution in [0.5, 0.6) is 0 Å². The van der Waals surface area contributed by atoms with Crippen LogP contribution in [0.2, 0.25) is 0 Å². The second kappa shape index (κ2) is 48.6. The number of hydrogen-bond donors (Lipinski definition) is 5. The summed E-state index contributed by atoms with van der Waals surface area (Å²) in [6.07, 6.45) is 2.42. The largest absolute Gasteiger partial charge is 0.481 e. The van der Waals surface area contributed by atoms with Crippen molar-refractivity contribution in [2.45, 2.75) is 242 Å². The average Bonchev–Trinajstić information content (AvgIpc) is 1.59. The molecule has 10 aromatic carbocycles. The maximum atomic E-state index is 12.6. The van der Waals surface area contributed by atoms with Gasteiger partial charge in [0.05, 0.1) is 84.3 Å². The van der Waals surface area contributed by atoms with Crippen LogP contribution in [0.3, 0.4) is 0 Å². The van der Waals surface area contributed by atoms with Crippen molar-refractivity contribution in [3.8, 4) is 28.4 Å². The lowest BCUT2D eigenvalue weighted by Gasteiger charge is -2.22. The molecule has 40 heteroatoms. The van der Waals surface area contributed by atoms with Crippen molar-refractivity contribution in [2.75, 3.05) is 0 Å². The number of hydrogen-bond acceptors (Lipinski definition) is 25. The molecule has 1 saturated carbocycles. The number of carbonyl (C=O) groups excluding carboxylic acids is 5. The van der Waals surface area contributed by atoms with E-state index in [-0.39, 0.29) is 93.1 Å². The van der Waals surface area contributed by atoms with E-state index in [9.17, 15) is 47.9 Å². The van der Waals surface area contributed by atoms with Gasteiger partial charge in [-0.05, 0) is 266 Å². The Morgan fingerprint density at radius 2 is 0.562 bits per heavy atom. The summed E-state index contributed by atoms with van der Waals surface area (Å²) < 4.78 is 7.98. The summed E-state index contributed by atoms with van der Waals surface area (Å²) in [5.41, 5.74) is 9.66. The summed E-state index contributed by atoms with van der Waals surface area (Å²) in [5, 5.41) is 100. The molecule has 0 spiro atoms. The summed E-state index contributed by atoms with van der Waals surface area (Å²) in [5.74, 6) is -4.57. The molecule has 0 bridgehead atoms. The van der Waals surface area contributed by atoms with Crippen molar-refractivity contribution in [3.05, 3.63) is 234 Å². The average molecular weight is 2370 g/mol. The third-order valence-corrected chi connectivity index (χ3v) is 32.4. The first-order valence-electron chi connectivity index (χ1n) is 45.9. The molecule has 144 heavy (non-hydrogen) atoms. The fraction of sp³-hybridized carbons (Fsp3) is 0.327. The lowest BCUT2D eigenvalue weighted by atomic mass is 9.95. The van der Waals surface area contributed by atoms with Crippen LogP contribution in [0.25, 0.3) is 82.3 Å². The molecule has 16 rings (SSSR count). The lowest BCUT2D eigenvalue weighted by molar-refractivity contribution is -0.139. The number of carbonyl (C=O) groups is 10. The first-order chi connectivity index (χ1) is 68.1. The van der Waals surface area contributed by atoms with Crippen molar-refractivity contribution in [1.29, 1.82) is 0 Å². The molecule has 15 aromatic rings. The number of benzene rings is 10. The normalized spacial score (nSPS) is 12.3. The molecular formula is C104H106Br5N15O15S5. The Balaban J connectivity index is 0.000000161. The third kappa shape index (κ3) is 27.5. The predicted octanol–water partition coefficient (Wildman–Crippen LogP) is 25.3. The molecule has 0 saturated heterocycles. The van der Waals surface area contributed by atoms with E-state index in [1.165, 1.54) is 110 Å². The smallest absolute Gasteiger partial charge is 0.303 e. The summed E-state index contributed by atoms with van der Waals surface area (Å²) in [6, 6.07) is 63.4. The van der Waals surface area contributed by atoms with Gasteiger partial charge in [0.2, 0.25) is 23.7 Å². The first-order valence-corrected chi connectivity index (χ1v) is 54.0. The van der Waals surface area contributed by atoms with Crippen LogP contribution in [0, 0.1) is 6.92 Å². The topological polar surface area (TPSA) is 425 Å². The van der Waals surface area contributed by atoms with Crippen molar-refractivity contribution < 1.29 is 73.5 Å². The van der Waals surface area contributed by atoms with Gasteiger partial charge < -0.3 is 25.5 Å². The highest BCUT2D eigenvalue weighted by atomic mass is 79.9. The van der Waals surface area contributed by atoms with Gasteiger partial charge in [-0.15, -0.1) is 51.0 Å². The Morgan fingerprint density at radius 1 is 0.306 bits per heavy atom. The molecule has 5 N–H and O–H groups in total. The summed E-state index contributed by atoms with van der Waals surface area (Å²) >= 11 is 23.8. The van der Waals surface area contributed by atoms with E-state index in [1.54, 1.807) is 69.2 Å². The molecule has 1 aliphatic rings. The van der Waals surface area contributed by atoms with Crippen LogP contribution in [0.15, 0.2) is 238 Å². The number of fused-ring (bicyclic) bond motifs is 5. The number of ketones is 5. The first kappa shape index (κ1) is 112. The van der Waals surface area contributed by atoms with E-state index in [2.05, 4.69) is 237 Å². The summed E-state index contributed by atoms with van der Waals surface area (Å²) in [4.78, 5) is 117. The molecule has 5 aromatic heterocycles. The van der Waals surface area contributed by atoms with E-state index in [1.807, 2.05) is 132 Å². The summed E-state index contributed by atoms with van der Waals surface area (Å²) in [6.45, 7) is 26.4. The van der Waals surface area contributed by atoms with E-state index in [0.717, 1.165) is 72.6 Å². The van der Waals surface area contributed by atoms with Crippen molar-refractivity contribution in [2.24, 2.45) is 0 Å². The molecule has 0 aliphatic heterocycles. The molecule has 5 heterocycles. The van der Waals surface area contributed by atoms with E-state index in [4.69, 9.17) is 25.5 Å². The van der Waals surface area contributed by atoms with Crippen LogP contribution in [0.1, 0.15) is 201 Å². The maximum absolute atomic E-state index is 12.6. The van der Waals surface area contributed by atoms with Crippen LogP contribution in [-0.4, -0.2) is 182 Å². The fourth-order valence-corrected chi connectivity index (χ4v) is 23.7. The minimum atomic E-state index is -0.981. The summed E-state index contributed by atoms with van der Waals surface area (Å²) in [7, 11) is 0. The van der Waals surface area contributed by atoms with Gasteiger partial charge >= 0.3 is 29.8 Å².